The Kier molecular flexibility index (Phi) is 4.96. The van der Waals surface area contributed by atoms with Crippen LogP contribution in [0.15, 0.2) is 30.3 Å². The van der Waals surface area contributed by atoms with E-state index in [1.54, 1.807) is 0 Å². The van der Waals surface area contributed by atoms with E-state index in [4.69, 9.17) is 4.74 Å². The van der Waals surface area contributed by atoms with E-state index in [1.165, 1.54) is 0 Å². The lowest BCUT2D eigenvalue weighted by atomic mass is 9.80. The molecule has 0 aliphatic carbocycles. The maximum absolute atomic E-state index is 12.7. The van der Waals surface area contributed by atoms with Gasteiger partial charge in [0.05, 0.1) is 6.54 Å². The highest BCUT2D eigenvalue weighted by molar-refractivity contribution is 5.75. The molecule has 1 aromatic carbocycles. The molecular weight excluding hydrogens is 314 g/mol. The minimum absolute atomic E-state index is 0.0314. The van der Waals surface area contributed by atoms with Gasteiger partial charge in [-0.2, -0.15) is 0 Å². The van der Waals surface area contributed by atoms with Crippen LogP contribution in [0.1, 0.15) is 47.0 Å². The van der Waals surface area contributed by atoms with Gasteiger partial charge < -0.3 is 20.3 Å². The number of amides is 2. The maximum atomic E-state index is 12.7. The minimum atomic E-state index is 0.0314. The number of hydrogen-bond donors (Lipinski definition) is 2. The van der Waals surface area contributed by atoms with Gasteiger partial charge in [-0.05, 0) is 52.7 Å². The van der Waals surface area contributed by atoms with Crippen LogP contribution >= 0.6 is 0 Å². The molecule has 0 radical (unpaired) electrons. The Bertz CT molecular complexity index is 584. The standard InChI is InChI=1S/C20H31N3O2/c1-19(2)12-15(13-20(3,4)22-19)21-18(24)23-11-10-17(14-23)25-16-8-6-5-7-9-16/h5-9,15,17,22H,10-14H2,1-4H3,(H,21,24). The number of ether oxygens (including phenoxy) is 1. The molecule has 0 spiro atoms. The number of hydrogen-bond acceptors (Lipinski definition) is 3. The number of benzene rings is 1. The monoisotopic (exact) mass is 345 g/mol. The van der Waals surface area contributed by atoms with Crippen molar-refractivity contribution in [2.24, 2.45) is 0 Å². The fourth-order valence-corrected chi connectivity index (χ4v) is 4.39. The summed E-state index contributed by atoms with van der Waals surface area (Å²) in [5.74, 6) is 0.872. The third kappa shape index (κ3) is 4.88. The van der Waals surface area contributed by atoms with Gasteiger partial charge in [-0.15, -0.1) is 0 Å². The maximum Gasteiger partial charge on any atom is 0.317 e. The van der Waals surface area contributed by atoms with Gasteiger partial charge >= 0.3 is 6.03 Å². The van der Waals surface area contributed by atoms with E-state index in [-0.39, 0.29) is 29.3 Å². The minimum Gasteiger partial charge on any atom is -0.489 e. The summed E-state index contributed by atoms with van der Waals surface area (Å²) in [5, 5.41) is 6.90. The van der Waals surface area contributed by atoms with Crippen LogP contribution in [0.25, 0.3) is 0 Å². The van der Waals surface area contributed by atoms with Crippen LogP contribution in [0.4, 0.5) is 4.79 Å². The number of urea groups is 1. The fourth-order valence-electron chi connectivity index (χ4n) is 4.39. The van der Waals surface area contributed by atoms with Crippen molar-refractivity contribution in [2.75, 3.05) is 13.1 Å². The highest BCUT2D eigenvalue weighted by atomic mass is 16.5. The van der Waals surface area contributed by atoms with Crippen molar-refractivity contribution in [2.45, 2.75) is 70.2 Å². The molecular formula is C20H31N3O2. The second kappa shape index (κ2) is 6.87. The van der Waals surface area contributed by atoms with Crippen molar-refractivity contribution in [3.8, 4) is 5.75 Å². The zero-order valence-electron chi connectivity index (χ0n) is 15.8. The van der Waals surface area contributed by atoms with Crippen LogP contribution in [0.5, 0.6) is 5.75 Å². The van der Waals surface area contributed by atoms with E-state index in [2.05, 4.69) is 38.3 Å². The number of piperidine rings is 1. The van der Waals surface area contributed by atoms with Crippen molar-refractivity contribution < 1.29 is 9.53 Å². The molecule has 2 heterocycles. The van der Waals surface area contributed by atoms with Gasteiger partial charge in [-0.1, -0.05) is 18.2 Å². The first-order chi connectivity index (χ1) is 11.7. The molecule has 2 aliphatic heterocycles. The van der Waals surface area contributed by atoms with E-state index in [0.717, 1.165) is 31.6 Å². The molecule has 1 atom stereocenters. The van der Waals surface area contributed by atoms with Gasteiger partial charge in [0.2, 0.25) is 0 Å². The number of likely N-dealkylation sites (tertiary alicyclic amines) is 1. The van der Waals surface area contributed by atoms with Crippen LogP contribution in [-0.2, 0) is 0 Å². The number of rotatable bonds is 3. The molecule has 2 fully saturated rings. The van der Waals surface area contributed by atoms with Crippen LogP contribution in [-0.4, -0.2) is 47.2 Å². The summed E-state index contributed by atoms with van der Waals surface area (Å²) < 4.78 is 5.98. The molecule has 0 bridgehead atoms. The molecule has 2 saturated heterocycles. The summed E-state index contributed by atoms with van der Waals surface area (Å²) in [7, 11) is 0. The molecule has 3 rings (SSSR count). The SMILES string of the molecule is CC1(C)CC(NC(=O)N2CCC(Oc3ccccc3)C2)CC(C)(C)N1. The van der Waals surface area contributed by atoms with E-state index in [1.807, 2.05) is 35.2 Å². The second-order valence-corrected chi connectivity index (χ2v) is 8.74. The van der Waals surface area contributed by atoms with E-state index in [9.17, 15) is 4.79 Å². The summed E-state index contributed by atoms with van der Waals surface area (Å²) in [6, 6.07) is 10.1. The second-order valence-electron chi connectivity index (χ2n) is 8.74. The Labute approximate surface area is 151 Å². The van der Waals surface area contributed by atoms with Crippen LogP contribution in [0, 0.1) is 0 Å². The van der Waals surface area contributed by atoms with E-state index in [0.29, 0.717) is 6.54 Å². The molecule has 5 nitrogen and oxygen atoms in total. The Morgan fingerprint density at radius 1 is 1.16 bits per heavy atom. The average Bonchev–Trinajstić information content (AvgIpc) is 2.93. The van der Waals surface area contributed by atoms with Crippen LogP contribution in [0.2, 0.25) is 0 Å². The fraction of sp³-hybridized carbons (Fsp3) is 0.650. The highest BCUT2D eigenvalue weighted by Gasteiger charge is 2.39. The third-order valence-electron chi connectivity index (χ3n) is 5.00. The van der Waals surface area contributed by atoms with Crippen molar-refractivity contribution in [3.63, 3.8) is 0 Å². The zero-order valence-corrected chi connectivity index (χ0v) is 15.8. The molecule has 25 heavy (non-hydrogen) atoms. The Balaban J connectivity index is 1.52. The Morgan fingerprint density at radius 2 is 1.80 bits per heavy atom. The van der Waals surface area contributed by atoms with Gasteiger partial charge in [-0.3, -0.25) is 0 Å². The number of carbonyl (C=O) groups excluding carboxylic acids is 1. The van der Waals surface area contributed by atoms with Gasteiger partial charge in [0, 0.05) is 30.1 Å². The smallest absolute Gasteiger partial charge is 0.317 e. The molecule has 5 heteroatoms. The largest absolute Gasteiger partial charge is 0.489 e. The molecule has 2 N–H and O–H groups in total. The molecule has 138 valence electrons. The van der Waals surface area contributed by atoms with Crippen LogP contribution in [0.3, 0.4) is 0 Å². The summed E-state index contributed by atoms with van der Waals surface area (Å²) >= 11 is 0. The molecule has 0 aromatic heterocycles. The van der Waals surface area contributed by atoms with Crippen LogP contribution < -0.4 is 15.4 Å². The first-order valence-electron chi connectivity index (χ1n) is 9.29. The van der Waals surface area contributed by atoms with Crippen molar-refractivity contribution in [1.29, 1.82) is 0 Å². The number of nitrogens with zero attached hydrogens (tertiary/aromatic N) is 1. The quantitative estimate of drug-likeness (QED) is 0.885. The van der Waals surface area contributed by atoms with Gasteiger partial charge in [0.1, 0.15) is 11.9 Å². The van der Waals surface area contributed by atoms with Gasteiger partial charge in [0.15, 0.2) is 0 Å². The average molecular weight is 345 g/mol. The van der Waals surface area contributed by atoms with Crippen molar-refractivity contribution in [3.05, 3.63) is 30.3 Å². The topological polar surface area (TPSA) is 53.6 Å². The van der Waals surface area contributed by atoms with E-state index < -0.39 is 0 Å². The normalized spacial score (nSPS) is 25.6. The lowest BCUT2D eigenvalue weighted by Gasteiger charge is -2.46. The first-order valence-corrected chi connectivity index (χ1v) is 9.29. The summed E-state index contributed by atoms with van der Waals surface area (Å²) in [4.78, 5) is 14.6. The summed E-state index contributed by atoms with van der Waals surface area (Å²) in [6.07, 6.45) is 2.85. The molecule has 2 aliphatic rings. The summed E-state index contributed by atoms with van der Waals surface area (Å²) in [5.41, 5.74) is 0.0628. The molecule has 2 amide bonds. The lowest BCUT2D eigenvalue weighted by Crippen LogP contribution is -2.62. The van der Waals surface area contributed by atoms with E-state index >= 15 is 0 Å². The number of carbonyl (C=O) groups is 1. The molecule has 1 unspecified atom stereocenters. The Hall–Kier alpha value is -1.75. The third-order valence-corrected chi connectivity index (χ3v) is 5.00. The number of para-hydroxylation sites is 1. The predicted molar refractivity (Wildman–Crippen MR) is 99.9 cm³/mol. The molecule has 1 aromatic rings. The molecule has 0 saturated carbocycles. The number of nitrogens with one attached hydrogen (secondary N) is 2. The zero-order chi connectivity index (χ0) is 18.1. The summed E-state index contributed by atoms with van der Waals surface area (Å²) in [6.45, 7) is 10.2. The van der Waals surface area contributed by atoms with Gasteiger partial charge in [-0.25, -0.2) is 4.79 Å². The van der Waals surface area contributed by atoms with Crippen molar-refractivity contribution >= 4 is 6.03 Å². The van der Waals surface area contributed by atoms with Crippen molar-refractivity contribution in [1.82, 2.24) is 15.5 Å². The first kappa shape index (κ1) is 18.1. The highest BCUT2D eigenvalue weighted by Crippen LogP contribution is 2.28. The predicted octanol–water partition coefficient (Wildman–Crippen LogP) is 3.16. The lowest BCUT2D eigenvalue weighted by molar-refractivity contribution is 0.139. The van der Waals surface area contributed by atoms with Gasteiger partial charge in [0.25, 0.3) is 0 Å². The Morgan fingerprint density at radius 3 is 2.44 bits per heavy atom.